The molecule has 0 amide bonds. The molecular weight excluding hydrogens is 368 g/mol. The molecule has 2 unspecified atom stereocenters. The quantitative estimate of drug-likeness (QED) is 0.334. The van der Waals surface area contributed by atoms with Crippen molar-refractivity contribution < 1.29 is 44.3 Å². The van der Waals surface area contributed by atoms with Crippen molar-refractivity contribution in [3.05, 3.63) is 0 Å². The Balaban J connectivity index is 1.97. The number of hydrogen-bond donors (Lipinski definition) is 0. The highest BCUT2D eigenvalue weighted by molar-refractivity contribution is 7.87. The highest BCUT2D eigenvalue weighted by Crippen LogP contribution is 2.27. The van der Waals surface area contributed by atoms with Gasteiger partial charge in [0.05, 0.1) is 0 Å². The first-order valence-corrected chi connectivity index (χ1v) is 10.1. The van der Waals surface area contributed by atoms with E-state index in [9.17, 15) is 26.4 Å². The van der Waals surface area contributed by atoms with Crippen molar-refractivity contribution in [1.82, 2.24) is 0 Å². The highest BCUT2D eigenvalue weighted by Gasteiger charge is 2.47. The lowest BCUT2D eigenvalue weighted by Crippen LogP contribution is -2.42. The van der Waals surface area contributed by atoms with E-state index in [4.69, 9.17) is 9.47 Å². The van der Waals surface area contributed by atoms with Crippen LogP contribution in [0.15, 0.2) is 0 Å². The van der Waals surface area contributed by atoms with Crippen LogP contribution in [0.2, 0.25) is 0 Å². The predicted molar refractivity (Wildman–Crippen MR) is 77.6 cm³/mol. The predicted octanol–water partition coefficient (Wildman–Crippen LogP) is -1.05. The molecule has 0 aromatic heterocycles. The third kappa shape index (κ3) is 4.43. The van der Waals surface area contributed by atoms with Gasteiger partial charge in [-0.25, -0.2) is 0 Å². The summed E-state index contributed by atoms with van der Waals surface area (Å²) in [5.41, 5.74) is -2.79. The van der Waals surface area contributed by atoms with Crippen LogP contribution < -0.4 is 0 Å². The number of carbonyl (C=O) groups excluding carboxylic acids is 2. The maximum Gasteiger partial charge on any atom is 0.320 e. The zero-order valence-corrected chi connectivity index (χ0v) is 14.9. The van der Waals surface area contributed by atoms with Gasteiger partial charge in [-0.15, -0.1) is 0 Å². The van der Waals surface area contributed by atoms with Gasteiger partial charge < -0.3 is 9.47 Å². The summed E-state index contributed by atoms with van der Waals surface area (Å²) in [4.78, 5) is 24.1. The van der Waals surface area contributed by atoms with Gasteiger partial charge >= 0.3 is 11.9 Å². The molecule has 2 aliphatic rings. The minimum atomic E-state index is -3.76. The Morgan fingerprint density at radius 1 is 0.875 bits per heavy atom. The molecule has 0 radical (unpaired) electrons. The third-order valence-corrected chi connectivity index (χ3v) is 6.34. The van der Waals surface area contributed by atoms with Gasteiger partial charge in [0.25, 0.3) is 20.2 Å². The molecule has 2 saturated heterocycles. The zero-order valence-electron chi connectivity index (χ0n) is 13.3. The first kappa shape index (κ1) is 19.1. The van der Waals surface area contributed by atoms with Crippen molar-refractivity contribution in [2.24, 2.45) is 5.92 Å². The summed E-state index contributed by atoms with van der Waals surface area (Å²) in [6.07, 6.45) is 0. The summed E-state index contributed by atoms with van der Waals surface area (Å²) < 4.78 is 64.4. The van der Waals surface area contributed by atoms with Crippen LogP contribution in [0, 0.1) is 5.92 Å². The van der Waals surface area contributed by atoms with Crippen LogP contribution in [0.4, 0.5) is 0 Å². The number of ether oxygens (including phenoxy) is 2. The molecule has 0 saturated carbocycles. The molecule has 0 spiro atoms. The average molecular weight is 386 g/mol. The first-order chi connectivity index (χ1) is 10.8. The van der Waals surface area contributed by atoms with E-state index in [1.165, 1.54) is 20.8 Å². The van der Waals surface area contributed by atoms with E-state index in [0.717, 1.165) is 0 Å². The zero-order chi connectivity index (χ0) is 18.4. The molecule has 0 N–H and O–H groups in total. The molecule has 2 atom stereocenters. The lowest BCUT2D eigenvalue weighted by atomic mass is 10.1. The molecule has 0 aromatic rings. The minimum absolute atomic E-state index is 0.341. The van der Waals surface area contributed by atoms with Gasteiger partial charge in [0.2, 0.25) is 0 Å². The van der Waals surface area contributed by atoms with E-state index in [1.54, 1.807) is 0 Å². The Labute approximate surface area is 139 Å². The molecule has 0 aromatic carbocycles. The molecule has 12 heteroatoms. The van der Waals surface area contributed by atoms with Gasteiger partial charge in [-0.1, -0.05) is 0 Å². The monoisotopic (exact) mass is 386 g/mol. The van der Waals surface area contributed by atoms with E-state index in [-0.39, 0.29) is 13.2 Å². The number of carbonyl (C=O) groups is 2. The van der Waals surface area contributed by atoms with Crippen molar-refractivity contribution in [2.75, 3.05) is 24.7 Å². The van der Waals surface area contributed by atoms with Crippen LogP contribution in [-0.2, 0) is 47.7 Å². The van der Waals surface area contributed by atoms with E-state index in [0.29, 0.717) is 0 Å². The second-order valence-corrected chi connectivity index (χ2v) is 9.67. The average Bonchev–Trinajstić information content (AvgIpc) is 2.83. The molecule has 2 heterocycles. The van der Waals surface area contributed by atoms with Gasteiger partial charge in [-0.3, -0.25) is 18.0 Å². The van der Waals surface area contributed by atoms with Crippen molar-refractivity contribution in [3.63, 3.8) is 0 Å². The molecular formula is C12H18O10S2. The van der Waals surface area contributed by atoms with E-state index < -0.39 is 60.8 Å². The second-order valence-electron chi connectivity index (χ2n) is 6.39. The molecule has 24 heavy (non-hydrogen) atoms. The molecule has 10 nitrogen and oxygen atoms in total. The van der Waals surface area contributed by atoms with Crippen molar-refractivity contribution in [1.29, 1.82) is 0 Å². The van der Waals surface area contributed by atoms with Crippen LogP contribution in [0.3, 0.4) is 0 Å². The van der Waals surface area contributed by atoms with Crippen LogP contribution >= 0.6 is 0 Å². The van der Waals surface area contributed by atoms with Crippen LogP contribution in [-0.4, -0.2) is 64.7 Å². The van der Waals surface area contributed by atoms with E-state index in [1.807, 2.05) is 0 Å². The number of hydrogen-bond acceptors (Lipinski definition) is 10. The van der Waals surface area contributed by atoms with Crippen LogP contribution in [0.25, 0.3) is 0 Å². The van der Waals surface area contributed by atoms with E-state index >= 15 is 0 Å². The Kier molecular flexibility index (Phi) is 4.72. The summed E-state index contributed by atoms with van der Waals surface area (Å²) in [6.45, 7) is 3.27. The van der Waals surface area contributed by atoms with E-state index in [2.05, 4.69) is 8.37 Å². The Morgan fingerprint density at radius 2 is 1.21 bits per heavy atom. The molecule has 0 aliphatic carbocycles. The second kappa shape index (κ2) is 5.93. The maximum absolute atomic E-state index is 12.0. The molecule has 138 valence electrons. The lowest BCUT2D eigenvalue weighted by Gasteiger charge is -2.25. The molecule has 2 rings (SSSR count). The number of rotatable bonds is 4. The summed E-state index contributed by atoms with van der Waals surface area (Å²) in [5, 5.41) is 0. The Bertz CT molecular complexity index is 691. The fourth-order valence-corrected chi connectivity index (χ4v) is 5.02. The fraction of sp³-hybridized carbons (Fsp3) is 0.833. The molecule has 2 fully saturated rings. The van der Waals surface area contributed by atoms with Gasteiger partial charge in [0, 0.05) is 0 Å². The summed E-state index contributed by atoms with van der Waals surface area (Å²) in [7, 11) is -7.53. The third-order valence-electron chi connectivity index (χ3n) is 3.45. The lowest BCUT2D eigenvalue weighted by molar-refractivity contribution is -0.175. The van der Waals surface area contributed by atoms with Gasteiger partial charge in [-0.05, 0) is 20.8 Å². The SMILES string of the molecule is CC(C(=O)OC1(C)COS(=O)(=O)C1)C(=O)OC1(C)COS(=O)(=O)C1. The van der Waals surface area contributed by atoms with Gasteiger partial charge in [0.1, 0.15) is 24.7 Å². The summed E-state index contributed by atoms with van der Waals surface area (Å²) >= 11 is 0. The Morgan fingerprint density at radius 3 is 1.46 bits per heavy atom. The van der Waals surface area contributed by atoms with Gasteiger partial charge in [-0.2, -0.15) is 16.8 Å². The van der Waals surface area contributed by atoms with Crippen molar-refractivity contribution in [2.45, 2.75) is 32.0 Å². The normalized spacial score (nSPS) is 35.3. The largest absolute Gasteiger partial charge is 0.455 e. The maximum atomic E-state index is 12.0. The highest BCUT2D eigenvalue weighted by atomic mass is 32.2. The standard InChI is InChI=1S/C12H18O10S2/c1-8(9(13)21-11(2)4-19-23(15,16)6-11)10(14)22-12(3)5-20-24(17,18)7-12/h8H,4-7H2,1-3H3. The smallest absolute Gasteiger partial charge is 0.320 e. The summed E-state index contributed by atoms with van der Waals surface area (Å²) in [6, 6.07) is 0. The molecule has 2 aliphatic heterocycles. The van der Waals surface area contributed by atoms with Crippen LogP contribution in [0.5, 0.6) is 0 Å². The Hall–Kier alpha value is -1.24. The minimum Gasteiger partial charge on any atom is -0.455 e. The molecule has 0 bridgehead atoms. The summed E-state index contributed by atoms with van der Waals surface area (Å²) in [5.74, 6) is -4.39. The van der Waals surface area contributed by atoms with Crippen molar-refractivity contribution >= 4 is 32.2 Å². The van der Waals surface area contributed by atoms with Crippen LogP contribution in [0.1, 0.15) is 20.8 Å². The van der Waals surface area contributed by atoms with Crippen molar-refractivity contribution in [3.8, 4) is 0 Å². The fourth-order valence-electron chi connectivity index (χ4n) is 2.22. The first-order valence-electron chi connectivity index (χ1n) is 6.95. The topological polar surface area (TPSA) is 139 Å². The number of esters is 2. The van der Waals surface area contributed by atoms with Gasteiger partial charge in [0.15, 0.2) is 17.1 Å².